The second kappa shape index (κ2) is 5.79. The number of fused-ring (bicyclic) bond motifs is 1. The van der Waals surface area contributed by atoms with E-state index in [0.717, 1.165) is 30.6 Å². The molecule has 2 N–H and O–H groups in total. The Labute approximate surface area is 129 Å². The monoisotopic (exact) mass is 298 g/mol. The first-order valence-corrected chi connectivity index (χ1v) is 7.47. The Morgan fingerprint density at radius 3 is 2.64 bits per heavy atom. The van der Waals surface area contributed by atoms with E-state index in [0.29, 0.717) is 0 Å². The zero-order valence-corrected chi connectivity index (χ0v) is 12.6. The molecule has 3 nitrogen and oxygen atoms in total. The van der Waals surface area contributed by atoms with Gasteiger partial charge in [-0.05, 0) is 49.1 Å². The average molecular weight is 298 g/mol. The van der Waals surface area contributed by atoms with Crippen LogP contribution in [0.1, 0.15) is 29.2 Å². The maximum absolute atomic E-state index is 13.1. The van der Waals surface area contributed by atoms with E-state index in [1.165, 1.54) is 23.3 Å². The van der Waals surface area contributed by atoms with E-state index in [9.17, 15) is 9.18 Å². The number of carbonyl (C=O) groups excluding carboxylic acids is 1. The van der Waals surface area contributed by atoms with Crippen molar-refractivity contribution in [3.63, 3.8) is 0 Å². The maximum atomic E-state index is 13.1. The fourth-order valence-electron chi connectivity index (χ4n) is 3.17. The third-order valence-corrected chi connectivity index (χ3v) is 4.16. The van der Waals surface area contributed by atoms with Gasteiger partial charge in [0.25, 0.3) is 0 Å². The second-order valence-corrected chi connectivity index (χ2v) is 5.79. The van der Waals surface area contributed by atoms with Gasteiger partial charge in [-0.15, -0.1) is 0 Å². The highest BCUT2D eigenvalue weighted by Gasteiger charge is 2.29. The molecule has 0 saturated carbocycles. The van der Waals surface area contributed by atoms with Gasteiger partial charge in [0.2, 0.25) is 5.91 Å². The van der Waals surface area contributed by atoms with Crippen molar-refractivity contribution in [2.45, 2.75) is 25.8 Å². The molecule has 3 rings (SSSR count). The molecular weight excluding hydrogens is 279 g/mol. The number of carbonyl (C=O) groups is 1. The maximum Gasteiger partial charge on any atom is 0.244 e. The van der Waals surface area contributed by atoms with E-state index in [4.69, 9.17) is 5.73 Å². The second-order valence-electron chi connectivity index (χ2n) is 5.79. The largest absolute Gasteiger partial charge is 0.368 e. The Morgan fingerprint density at radius 1 is 1.23 bits per heavy atom. The quantitative estimate of drug-likeness (QED) is 0.946. The SMILES string of the molecule is Cc1ccc2c(c1)CCCN2[C@@H](C(N)=O)c1ccc(F)cc1. The summed E-state index contributed by atoms with van der Waals surface area (Å²) in [6, 6.07) is 11.7. The van der Waals surface area contributed by atoms with Crippen molar-refractivity contribution < 1.29 is 9.18 Å². The zero-order valence-electron chi connectivity index (χ0n) is 12.6. The number of rotatable bonds is 3. The Hall–Kier alpha value is -2.36. The van der Waals surface area contributed by atoms with Gasteiger partial charge >= 0.3 is 0 Å². The van der Waals surface area contributed by atoms with Gasteiger partial charge in [0.05, 0.1) is 0 Å². The number of anilines is 1. The highest BCUT2D eigenvalue weighted by atomic mass is 19.1. The summed E-state index contributed by atoms with van der Waals surface area (Å²) in [6.45, 7) is 2.83. The molecule has 1 aliphatic heterocycles. The molecule has 22 heavy (non-hydrogen) atoms. The number of aryl methyl sites for hydroxylation is 2. The van der Waals surface area contributed by atoms with E-state index in [1.807, 2.05) is 17.0 Å². The third kappa shape index (κ3) is 2.69. The summed E-state index contributed by atoms with van der Waals surface area (Å²) in [4.78, 5) is 14.1. The van der Waals surface area contributed by atoms with Gasteiger partial charge in [0.1, 0.15) is 11.9 Å². The summed E-state index contributed by atoms with van der Waals surface area (Å²) in [7, 11) is 0. The molecule has 2 aromatic carbocycles. The molecule has 0 aliphatic carbocycles. The van der Waals surface area contributed by atoms with Crippen molar-refractivity contribution in [3.8, 4) is 0 Å². The molecule has 114 valence electrons. The van der Waals surface area contributed by atoms with E-state index < -0.39 is 11.9 Å². The number of hydrogen-bond acceptors (Lipinski definition) is 2. The van der Waals surface area contributed by atoms with Crippen molar-refractivity contribution in [2.75, 3.05) is 11.4 Å². The molecule has 0 saturated heterocycles. The Kier molecular flexibility index (Phi) is 3.84. The molecule has 1 atom stereocenters. The number of amides is 1. The van der Waals surface area contributed by atoms with Crippen LogP contribution in [-0.4, -0.2) is 12.5 Å². The van der Waals surface area contributed by atoms with Crippen LogP contribution in [0, 0.1) is 12.7 Å². The minimum absolute atomic E-state index is 0.318. The minimum Gasteiger partial charge on any atom is -0.368 e. The van der Waals surface area contributed by atoms with Crippen LogP contribution in [0.3, 0.4) is 0 Å². The summed E-state index contributed by atoms with van der Waals surface area (Å²) in [5, 5.41) is 0. The highest BCUT2D eigenvalue weighted by Crippen LogP contribution is 2.34. The summed E-state index contributed by atoms with van der Waals surface area (Å²) < 4.78 is 13.1. The van der Waals surface area contributed by atoms with Gasteiger partial charge in [0.15, 0.2) is 0 Å². The highest BCUT2D eigenvalue weighted by molar-refractivity contribution is 5.85. The van der Waals surface area contributed by atoms with Crippen molar-refractivity contribution in [1.29, 1.82) is 0 Å². The number of primary amides is 1. The fourth-order valence-corrected chi connectivity index (χ4v) is 3.17. The Bertz CT molecular complexity index is 697. The van der Waals surface area contributed by atoms with Crippen molar-refractivity contribution >= 4 is 11.6 Å². The van der Waals surface area contributed by atoms with Crippen LogP contribution in [0.15, 0.2) is 42.5 Å². The molecule has 2 aromatic rings. The molecule has 4 heteroatoms. The lowest BCUT2D eigenvalue weighted by Gasteiger charge is -2.36. The summed E-state index contributed by atoms with van der Waals surface area (Å²) >= 11 is 0. The van der Waals surface area contributed by atoms with Crippen molar-refractivity contribution in [3.05, 3.63) is 65.0 Å². The van der Waals surface area contributed by atoms with Crippen LogP contribution >= 0.6 is 0 Å². The van der Waals surface area contributed by atoms with Gasteiger partial charge in [-0.3, -0.25) is 4.79 Å². The van der Waals surface area contributed by atoms with Crippen LogP contribution in [0.25, 0.3) is 0 Å². The molecular formula is C18H19FN2O. The molecule has 0 unspecified atom stereocenters. The van der Waals surface area contributed by atoms with E-state index >= 15 is 0 Å². The molecule has 0 spiro atoms. The van der Waals surface area contributed by atoms with Crippen LogP contribution < -0.4 is 10.6 Å². The van der Waals surface area contributed by atoms with E-state index in [2.05, 4.69) is 13.0 Å². The first kappa shape index (κ1) is 14.6. The molecule has 1 heterocycles. The first-order chi connectivity index (χ1) is 10.6. The molecule has 0 bridgehead atoms. The minimum atomic E-state index is -0.567. The smallest absolute Gasteiger partial charge is 0.244 e. The Morgan fingerprint density at radius 2 is 1.95 bits per heavy atom. The molecule has 0 radical (unpaired) electrons. The van der Waals surface area contributed by atoms with Crippen molar-refractivity contribution in [2.24, 2.45) is 5.73 Å². The van der Waals surface area contributed by atoms with Gasteiger partial charge in [0, 0.05) is 12.2 Å². The fraction of sp³-hybridized carbons (Fsp3) is 0.278. The zero-order chi connectivity index (χ0) is 15.7. The topological polar surface area (TPSA) is 46.3 Å². The average Bonchev–Trinajstić information content (AvgIpc) is 2.49. The Balaban J connectivity index is 2.04. The summed E-state index contributed by atoms with van der Waals surface area (Å²) in [5.41, 5.74) is 9.86. The molecule has 1 amide bonds. The predicted molar refractivity (Wildman–Crippen MR) is 85.2 cm³/mol. The van der Waals surface area contributed by atoms with Gasteiger partial charge < -0.3 is 10.6 Å². The third-order valence-electron chi connectivity index (χ3n) is 4.16. The van der Waals surface area contributed by atoms with Gasteiger partial charge in [-0.25, -0.2) is 4.39 Å². The standard InChI is InChI=1S/C18H19FN2O/c1-12-4-9-16-14(11-12)3-2-10-21(16)17(18(20)22)13-5-7-15(19)8-6-13/h4-9,11,17H,2-3,10H2,1H3,(H2,20,22)/t17-/m1/s1. The van der Waals surface area contributed by atoms with E-state index in [-0.39, 0.29) is 5.82 Å². The molecule has 1 aliphatic rings. The van der Waals surface area contributed by atoms with Gasteiger partial charge in [-0.1, -0.05) is 29.8 Å². The van der Waals surface area contributed by atoms with Crippen LogP contribution in [0.2, 0.25) is 0 Å². The van der Waals surface area contributed by atoms with Crippen LogP contribution in [0.5, 0.6) is 0 Å². The first-order valence-electron chi connectivity index (χ1n) is 7.47. The normalized spacial score (nSPS) is 15.3. The summed E-state index contributed by atoms with van der Waals surface area (Å²) in [6.07, 6.45) is 1.98. The van der Waals surface area contributed by atoms with Crippen LogP contribution in [0.4, 0.5) is 10.1 Å². The lowest BCUT2D eigenvalue weighted by atomic mass is 9.95. The number of halogens is 1. The lowest BCUT2D eigenvalue weighted by molar-refractivity contribution is -0.119. The predicted octanol–water partition coefficient (Wildman–Crippen LogP) is 3.11. The molecule has 0 aromatic heterocycles. The number of benzene rings is 2. The number of nitrogens with zero attached hydrogens (tertiary/aromatic N) is 1. The lowest BCUT2D eigenvalue weighted by Crippen LogP contribution is -2.40. The number of hydrogen-bond donors (Lipinski definition) is 1. The van der Waals surface area contributed by atoms with E-state index in [1.54, 1.807) is 12.1 Å². The van der Waals surface area contributed by atoms with Crippen LogP contribution in [-0.2, 0) is 11.2 Å². The molecule has 0 fully saturated rings. The number of nitrogens with two attached hydrogens (primary N) is 1. The summed E-state index contributed by atoms with van der Waals surface area (Å²) in [5.74, 6) is -0.735. The van der Waals surface area contributed by atoms with Crippen molar-refractivity contribution in [1.82, 2.24) is 0 Å². The van der Waals surface area contributed by atoms with Gasteiger partial charge in [-0.2, -0.15) is 0 Å².